The van der Waals surface area contributed by atoms with E-state index < -0.39 is 5.97 Å². The van der Waals surface area contributed by atoms with E-state index >= 15 is 0 Å². The lowest BCUT2D eigenvalue weighted by molar-refractivity contribution is -0.139. The minimum Gasteiger partial charge on any atom is -0.480 e. The van der Waals surface area contributed by atoms with Crippen molar-refractivity contribution < 1.29 is 19.1 Å². The molecule has 0 amide bonds. The van der Waals surface area contributed by atoms with Gasteiger partial charge in [-0.15, -0.1) is 0 Å². The molecule has 0 radical (unpaired) electrons. The van der Waals surface area contributed by atoms with Gasteiger partial charge in [0.15, 0.2) is 11.4 Å². The molecule has 0 aliphatic carbocycles. The Morgan fingerprint density at radius 2 is 2.11 bits per heavy atom. The standard InChI is InChI=1S/C12H13N3O4/c1-15-6-7(8(16)4-10(17)19-3)11-12(15)13-5-9(14-11)18-2/h5-6H,4H2,1-3H3. The third kappa shape index (κ3) is 2.40. The highest BCUT2D eigenvalue weighted by atomic mass is 16.5. The maximum absolute atomic E-state index is 12.0. The van der Waals surface area contributed by atoms with Crippen molar-refractivity contribution >= 4 is 22.9 Å². The van der Waals surface area contributed by atoms with E-state index in [2.05, 4.69) is 14.7 Å². The number of methoxy groups -OCH3 is 2. The molecule has 2 aromatic rings. The Labute approximate surface area is 109 Å². The molecule has 0 fully saturated rings. The fraction of sp³-hybridized carbons (Fsp3) is 0.333. The summed E-state index contributed by atoms with van der Waals surface area (Å²) in [6.45, 7) is 0. The van der Waals surface area contributed by atoms with Crippen molar-refractivity contribution in [2.75, 3.05) is 14.2 Å². The normalized spacial score (nSPS) is 10.5. The van der Waals surface area contributed by atoms with E-state index in [1.54, 1.807) is 17.8 Å². The van der Waals surface area contributed by atoms with Gasteiger partial charge in [0, 0.05) is 13.2 Å². The van der Waals surface area contributed by atoms with Crippen molar-refractivity contribution in [3.05, 3.63) is 18.0 Å². The van der Waals surface area contributed by atoms with E-state index in [1.807, 2.05) is 0 Å². The molecule has 7 nitrogen and oxygen atoms in total. The molecule has 0 saturated heterocycles. The van der Waals surface area contributed by atoms with Crippen LogP contribution in [0.1, 0.15) is 16.8 Å². The van der Waals surface area contributed by atoms with Gasteiger partial charge in [-0.3, -0.25) is 9.59 Å². The van der Waals surface area contributed by atoms with Crippen LogP contribution >= 0.6 is 0 Å². The summed E-state index contributed by atoms with van der Waals surface area (Å²) in [5, 5.41) is 0. The second-order valence-electron chi connectivity index (χ2n) is 3.91. The van der Waals surface area contributed by atoms with Gasteiger partial charge in [-0.2, -0.15) is 0 Å². The third-order valence-electron chi connectivity index (χ3n) is 2.69. The summed E-state index contributed by atoms with van der Waals surface area (Å²) in [5.74, 6) is -0.635. The average Bonchev–Trinajstić information content (AvgIpc) is 2.75. The second kappa shape index (κ2) is 5.05. The number of esters is 1. The number of nitrogens with zero attached hydrogens (tertiary/aromatic N) is 3. The van der Waals surface area contributed by atoms with Gasteiger partial charge in [-0.1, -0.05) is 0 Å². The number of aryl methyl sites for hydroxylation is 1. The highest BCUT2D eigenvalue weighted by Gasteiger charge is 2.19. The molecule has 7 heteroatoms. The molecule has 2 heterocycles. The van der Waals surface area contributed by atoms with Crippen LogP contribution in [0.2, 0.25) is 0 Å². The van der Waals surface area contributed by atoms with Crippen molar-refractivity contribution in [2.24, 2.45) is 7.05 Å². The number of ether oxygens (including phenoxy) is 2. The lowest BCUT2D eigenvalue weighted by Gasteiger charge is -2.00. The highest BCUT2D eigenvalue weighted by Crippen LogP contribution is 2.20. The van der Waals surface area contributed by atoms with E-state index in [9.17, 15) is 9.59 Å². The maximum Gasteiger partial charge on any atom is 0.313 e. The minimum absolute atomic E-state index is 0.311. The number of hydrogen-bond donors (Lipinski definition) is 0. The lowest BCUT2D eigenvalue weighted by Crippen LogP contribution is -2.09. The summed E-state index contributed by atoms with van der Waals surface area (Å²) in [7, 11) is 4.45. The zero-order valence-electron chi connectivity index (χ0n) is 10.8. The van der Waals surface area contributed by atoms with Gasteiger partial charge in [-0.25, -0.2) is 9.97 Å². The maximum atomic E-state index is 12.0. The Morgan fingerprint density at radius 3 is 2.74 bits per heavy atom. The van der Waals surface area contributed by atoms with E-state index in [1.165, 1.54) is 20.4 Å². The van der Waals surface area contributed by atoms with Crippen LogP contribution in [0.5, 0.6) is 5.88 Å². The molecule has 2 aromatic heterocycles. The molecule has 100 valence electrons. The lowest BCUT2D eigenvalue weighted by atomic mass is 10.1. The largest absolute Gasteiger partial charge is 0.480 e. The van der Waals surface area contributed by atoms with Crippen molar-refractivity contribution in [1.82, 2.24) is 14.5 Å². The number of carbonyl (C=O) groups excluding carboxylic acids is 2. The Bertz CT molecular complexity index is 648. The van der Waals surface area contributed by atoms with E-state index in [4.69, 9.17) is 4.74 Å². The number of aromatic nitrogens is 3. The first-order chi connectivity index (χ1) is 9.06. The van der Waals surface area contributed by atoms with Gasteiger partial charge in [0.1, 0.15) is 11.9 Å². The molecule has 0 spiro atoms. The zero-order valence-corrected chi connectivity index (χ0v) is 10.8. The molecule has 0 aliphatic rings. The Morgan fingerprint density at radius 1 is 1.37 bits per heavy atom. The van der Waals surface area contributed by atoms with E-state index in [-0.39, 0.29) is 12.2 Å². The first-order valence-corrected chi connectivity index (χ1v) is 5.53. The monoisotopic (exact) mass is 263 g/mol. The fourth-order valence-electron chi connectivity index (χ4n) is 1.72. The molecule has 0 N–H and O–H groups in total. The van der Waals surface area contributed by atoms with Gasteiger partial charge in [0.05, 0.1) is 26.0 Å². The summed E-state index contributed by atoms with van der Waals surface area (Å²) < 4.78 is 11.1. The summed E-state index contributed by atoms with van der Waals surface area (Å²) in [5.41, 5.74) is 1.29. The van der Waals surface area contributed by atoms with Crippen LogP contribution < -0.4 is 4.74 Å². The number of ketones is 1. The molecule has 19 heavy (non-hydrogen) atoms. The average molecular weight is 263 g/mol. The molecular formula is C12H13N3O4. The van der Waals surface area contributed by atoms with Crippen molar-refractivity contribution in [1.29, 1.82) is 0 Å². The van der Waals surface area contributed by atoms with Crippen LogP contribution in [0.25, 0.3) is 11.2 Å². The number of Topliss-reactive ketones (excluding diaryl/α,β-unsaturated/α-hetero) is 1. The Balaban J connectivity index is 2.47. The number of fused-ring (bicyclic) bond motifs is 1. The predicted octanol–water partition coefficient (Wildman–Crippen LogP) is 0.723. The summed E-state index contributed by atoms with van der Waals surface area (Å²) >= 11 is 0. The number of carbonyl (C=O) groups is 2. The SMILES string of the molecule is COC(=O)CC(=O)c1cn(C)c2ncc(OC)nc12. The molecular weight excluding hydrogens is 250 g/mol. The van der Waals surface area contributed by atoms with Crippen LogP contribution in [-0.2, 0) is 16.6 Å². The summed E-state index contributed by atoms with van der Waals surface area (Å²) in [4.78, 5) is 31.5. The number of rotatable bonds is 4. The minimum atomic E-state index is -0.585. The summed E-state index contributed by atoms with van der Waals surface area (Å²) in [6.07, 6.45) is 2.74. The van der Waals surface area contributed by atoms with Crippen molar-refractivity contribution in [3.63, 3.8) is 0 Å². The van der Waals surface area contributed by atoms with Gasteiger partial charge in [0.25, 0.3) is 0 Å². The number of hydrogen-bond acceptors (Lipinski definition) is 6. The molecule has 0 unspecified atom stereocenters. The van der Waals surface area contributed by atoms with Crippen LogP contribution in [-0.4, -0.2) is 40.5 Å². The van der Waals surface area contributed by atoms with Gasteiger partial charge >= 0.3 is 5.97 Å². The van der Waals surface area contributed by atoms with Gasteiger partial charge < -0.3 is 14.0 Å². The predicted molar refractivity (Wildman–Crippen MR) is 66.0 cm³/mol. The molecule has 0 aliphatic heterocycles. The van der Waals surface area contributed by atoms with Crippen molar-refractivity contribution in [3.8, 4) is 5.88 Å². The smallest absolute Gasteiger partial charge is 0.313 e. The zero-order chi connectivity index (χ0) is 14.0. The molecule has 0 bridgehead atoms. The molecule has 0 saturated carbocycles. The summed E-state index contributed by atoms with van der Waals surface area (Å²) in [6, 6.07) is 0. The van der Waals surface area contributed by atoms with Crippen LogP contribution in [0, 0.1) is 0 Å². The first-order valence-electron chi connectivity index (χ1n) is 5.53. The quantitative estimate of drug-likeness (QED) is 0.459. The van der Waals surface area contributed by atoms with Crippen molar-refractivity contribution in [2.45, 2.75) is 6.42 Å². The first kappa shape index (κ1) is 13.0. The Kier molecular flexibility index (Phi) is 3.46. The van der Waals surface area contributed by atoms with Gasteiger partial charge in [0.2, 0.25) is 5.88 Å². The van der Waals surface area contributed by atoms with Crippen LogP contribution in [0.4, 0.5) is 0 Å². The molecule has 0 atom stereocenters. The van der Waals surface area contributed by atoms with Crippen LogP contribution in [0.15, 0.2) is 12.4 Å². The molecule has 0 aromatic carbocycles. The second-order valence-corrected chi connectivity index (χ2v) is 3.91. The van der Waals surface area contributed by atoms with Crippen LogP contribution in [0.3, 0.4) is 0 Å². The molecule has 2 rings (SSSR count). The Hall–Kier alpha value is -2.44. The van der Waals surface area contributed by atoms with E-state index in [0.29, 0.717) is 22.6 Å². The fourth-order valence-corrected chi connectivity index (χ4v) is 1.72. The topological polar surface area (TPSA) is 83.3 Å². The van der Waals surface area contributed by atoms with E-state index in [0.717, 1.165) is 0 Å². The van der Waals surface area contributed by atoms with Gasteiger partial charge in [-0.05, 0) is 0 Å². The highest BCUT2D eigenvalue weighted by molar-refractivity contribution is 6.12. The third-order valence-corrected chi connectivity index (χ3v) is 2.69.